The molecule has 20 heavy (non-hydrogen) atoms. The average Bonchev–Trinajstić information content (AvgIpc) is 2.81. The second kappa shape index (κ2) is 5.26. The fraction of sp³-hybridized carbons (Fsp3) is 0.462. The number of nitrogens with zero attached hydrogens (tertiary/aromatic N) is 1. The van der Waals surface area contributed by atoms with Crippen LogP contribution in [-0.2, 0) is 16.6 Å². The molecule has 1 fully saturated rings. The lowest BCUT2D eigenvalue weighted by Gasteiger charge is -2.24. The van der Waals surface area contributed by atoms with Crippen LogP contribution in [0.5, 0.6) is 0 Å². The molecule has 1 aromatic rings. The molecule has 1 atom stereocenters. The number of rotatable bonds is 2. The van der Waals surface area contributed by atoms with Crippen LogP contribution in [0, 0.1) is 0 Å². The minimum absolute atomic E-state index is 0.0456. The number of halogens is 4. The lowest BCUT2D eigenvalue weighted by Crippen LogP contribution is -2.35. The number of alkyl halides is 4. The van der Waals surface area contributed by atoms with Gasteiger partial charge in [0.15, 0.2) is 0 Å². The van der Waals surface area contributed by atoms with Crippen molar-refractivity contribution in [2.24, 2.45) is 0 Å². The molecule has 1 heterocycles. The van der Waals surface area contributed by atoms with Gasteiger partial charge in [-0.25, -0.2) is 0 Å². The van der Waals surface area contributed by atoms with Gasteiger partial charge in [0.25, 0.3) is 0 Å². The van der Waals surface area contributed by atoms with E-state index >= 15 is 0 Å². The fourth-order valence-electron chi connectivity index (χ4n) is 2.30. The minimum atomic E-state index is -4.41. The largest absolute Gasteiger partial charge is 0.416 e. The first-order valence-electron chi connectivity index (χ1n) is 6.00. The molecule has 1 aromatic carbocycles. The van der Waals surface area contributed by atoms with E-state index in [4.69, 9.17) is 11.6 Å². The molecule has 2 rings (SSSR count). The molecular formula is C13H13ClF3NO2. The summed E-state index contributed by atoms with van der Waals surface area (Å²) in [5.41, 5.74) is -1.71. The van der Waals surface area contributed by atoms with Gasteiger partial charge in [-0.1, -0.05) is 12.1 Å². The lowest BCUT2D eigenvalue weighted by atomic mass is 9.92. The average molecular weight is 308 g/mol. The standard InChI is InChI=1S/C13H13ClF3NO2/c14-7-11(19)18-6-5-12(20,8-18)9-1-3-10(4-2-9)13(15,16)17/h1-4,20H,5-8H2. The highest BCUT2D eigenvalue weighted by molar-refractivity contribution is 6.27. The van der Waals surface area contributed by atoms with Gasteiger partial charge >= 0.3 is 6.18 Å². The summed E-state index contributed by atoms with van der Waals surface area (Å²) in [5.74, 6) is -0.474. The van der Waals surface area contributed by atoms with E-state index in [0.29, 0.717) is 12.1 Å². The van der Waals surface area contributed by atoms with Crippen LogP contribution in [0.15, 0.2) is 24.3 Å². The fourth-order valence-corrected chi connectivity index (χ4v) is 2.47. The summed E-state index contributed by atoms with van der Waals surface area (Å²) < 4.78 is 37.4. The molecule has 0 saturated carbocycles. The molecule has 110 valence electrons. The van der Waals surface area contributed by atoms with E-state index in [1.807, 2.05) is 0 Å². The molecule has 1 saturated heterocycles. The van der Waals surface area contributed by atoms with E-state index < -0.39 is 17.3 Å². The van der Waals surface area contributed by atoms with E-state index in [1.54, 1.807) is 0 Å². The zero-order valence-electron chi connectivity index (χ0n) is 10.5. The zero-order valence-corrected chi connectivity index (χ0v) is 11.2. The van der Waals surface area contributed by atoms with E-state index in [9.17, 15) is 23.1 Å². The predicted molar refractivity (Wildman–Crippen MR) is 67.3 cm³/mol. The van der Waals surface area contributed by atoms with Gasteiger partial charge in [0.05, 0.1) is 12.1 Å². The van der Waals surface area contributed by atoms with Gasteiger partial charge in [-0.3, -0.25) is 4.79 Å². The molecule has 0 aromatic heterocycles. The van der Waals surface area contributed by atoms with Crippen molar-refractivity contribution in [1.82, 2.24) is 4.90 Å². The Morgan fingerprint density at radius 3 is 2.45 bits per heavy atom. The molecule has 1 aliphatic rings. The summed E-state index contributed by atoms with van der Waals surface area (Å²) in [6, 6.07) is 4.35. The highest BCUT2D eigenvalue weighted by Crippen LogP contribution is 2.35. The van der Waals surface area contributed by atoms with Crippen LogP contribution in [-0.4, -0.2) is 34.9 Å². The van der Waals surface area contributed by atoms with E-state index in [2.05, 4.69) is 0 Å². The molecule has 0 radical (unpaired) electrons. The van der Waals surface area contributed by atoms with Crippen molar-refractivity contribution in [3.8, 4) is 0 Å². The van der Waals surface area contributed by atoms with Gasteiger partial charge in [-0.2, -0.15) is 13.2 Å². The Balaban J connectivity index is 2.18. The number of β-amino-alcohol motifs (C(OH)–C–C–N with tert-alkyl or cyclic N) is 1. The first-order valence-corrected chi connectivity index (χ1v) is 6.53. The van der Waals surface area contributed by atoms with Crippen LogP contribution in [0.25, 0.3) is 0 Å². The van der Waals surface area contributed by atoms with Gasteiger partial charge < -0.3 is 10.0 Å². The molecular weight excluding hydrogens is 295 g/mol. The Morgan fingerprint density at radius 2 is 1.95 bits per heavy atom. The zero-order chi connectivity index (χ0) is 15.0. The van der Waals surface area contributed by atoms with Gasteiger partial charge in [-0.05, 0) is 24.1 Å². The van der Waals surface area contributed by atoms with E-state index in [-0.39, 0.29) is 24.8 Å². The number of aliphatic hydroxyl groups is 1. The maximum Gasteiger partial charge on any atom is 0.416 e. The van der Waals surface area contributed by atoms with Gasteiger partial charge in [0.1, 0.15) is 11.5 Å². The Morgan fingerprint density at radius 1 is 1.35 bits per heavy atom. The normalized spacial score (nSPS) is 23.1. The van der Waals surface area contributed by atoms with Crippen LogP contribution in [0.4, 0.5) is 13.2 Å². The Labute approximate surface area is 118 Å². The van der Waals surface area contributed by atoms with Gasteiger partial charge in [0.2, 0.25) is 5.91 Å². The van der Waals surface area contributed by atoms with Gasteiger partial charge in [-0.15, -0.1) is 11.6 Å². The van der Waals surface area contributed by atoms with Crippen LogP contribution < -0.4 is 0 Å². The molecule has 1 unspecified atom stereocenters. The van der Waals surface area contributed by atoms with Crippen LogP contribution in [0.3, 0.4) is 0 Å². The molecule has 0 aliphatic carbocycles. The number of amides is 1. The van der Waals surface area contributed by atoms with Crippen LogP contribution in [0.2, 0.25) is 0 Å². The van der Waals surface area contributed by atoms with Crippen molar-refractivity contribution in [1.29, 1.82) is 0 Å². The third-order valence-corrected chi connectivity index (χ3v) is 3.69. The smallest absolute Gasteiger partial charge is 0.383 e. The Kier molecular flexibility index (Phi) is 3.97. The molecule has 0 spiro atoms. The molecule has 0 bridgehead atoms. The quantitative estimate of drug-likeness (QED) is 0.852. The van der Waals surface area contributed by atoms with Crippen molar-refractivity contribution in [3.05, 3.63) is 35.4 Å². The van der Waals surface area contributed by atoms with Crippen molar-refractivity contribution >= 4 is 17.5 Å². The lowest BCUT2D eigenvalue weighted by molar-refractivity contribution is -0.137. The highest BCUT2D eigenvalue weighted by atomic mass is 35.5. The van der Waals surface area contributed by atoms with Crippen molar-refractivity contribution < 1.29 is 23.1 Å². The number of carbonyl (C=O) groups is 1. The molecule has 1 amide bonds. The Bertz CT molecular complexity index is 503. The summed E-state index contributed by atoms with van der Waals surface area (Å²) in [6.45, 7) is 0.382. The predicted octanol–water partition coefficient (Wildman–Crippen LogP) is 2.36. The molecule has 3 nitrogen and oxygen atoms in total. The monoisotopic (exact) mass is 307 g/mol. The second-order valence-corrected chi connectivity index (χ2v) is 5.07. The third kappa shape index (κ3) is 2.91. The van der Waals surface area contributed by atoms with Crippen LogP contribution >= 0.6 is 11.6 Å². The highest BCUT2D eigenvalue weighted by Gasteiger charge is 2.40. The molecule has 1 N–H and O–H groups in total. The van der Waals surface area contributed by atoms with Crippen molar-refractivity contribution in [2.45, 2.75) is 18.2 Å². The minimum Gasteiger partial charge on any atom is -0.383 e. The van der Waals surface area contributed by atoms with Crippen molar-refractivity contribution in [3.63, 3.8) is 0 Å². The summed E-state index contributed by atoms with van der Waals surface area (Å²) in [6.07, 6.45) is -4.13. The first kappa shape index (κ1) is 15.1. The van der Waals surface area contributed by atoms with Crippen LogP contribution in [0.1, 0.15) is 17.5 Å². The SMILES string of the molecule is O=C(CCl)N1CCC(O)(c2ccc(C(F)(F)F)cc2)C1. The topological polar surface area (TPSA) is 40.5 Å². The number of hydrogen-bond donors (Lipinski definition) is 1. The number of likely N-dealkylation sites (tertiary alicyclic amines) is 1. The number of hydrogen-bond acceptors (Lipinski definition) is 2. The number of carbonyl (C=O) groups excluding carboxylic acids is 1. The summed E-state index contributed by atoms with van der Waals surface area (Å²) >= 11 is 5.44. The Hall–Kier alpha value is -1.27. The summed E-state index contributed by atoms with van der Waals surface area (Å²) in [7, 11) is 0. The van der Waals surface area contributed by atoms with E-state index in [0.717, 1.165) is 12.1 Å². The summed E-state index contributed by atoms with van der Waals surface area (Å²) in [5, 5.41) is 10.5. The molecule has 1 aliphatic heterocycles. The molecule has 7 heteroatoms. The maximum absolute atomic E-state index is 12.5. The van der Waals surface area contributed by atoms with E-state index in [1.165, 1.54) is 17.0 Å². The first-order chi connectivity index (χ1) is 9.26. The second-order valence-electron chi connectivity index (χ2n) is 4.81. The number of benzene rings is 1. The summed E-state index contributed by atoms with van der Waals surface area (Å²) in [4.78, 5) is 12.9. The van der Waals surface area contributed by atoms with Gasteiger partial charge in [0, 0.05) is 6.54 Å². The maximum atomic E-state index is 12.5. The van der Waals surface area contributed by atoms with Crippen molar-refractivity contribution in [2.75, 3.05) is 19.0 Å². The third-order valence-electron chi connectivity index (χ3n) is 3.46.